The van der Waals surface area contributed by atoms with Gasteiger partial charge in [-0.3, -0.25) is 0 Å². The second-order valence-corrected chi connectivity index (χ2v) is 15.3. The molecule has 4 aromatic rings. The maximum atomic E-state index is 9.93. The number of hydrogen-bond donors (Lipinski definition) is 0. The van der Waals surface area contributed by atoms with Gasteiger partial charge in [0, 0.05) is 4.90 Å². The Morgan fingerprint density at radius 3 is 1.30 bits per heavy atom. The minimum atomic E-state index is -11.2. The van der Waals surface area contributed by atoms with E-state index in [2.05, 4.69) is 115 Å². The molecule has 0 heterocycles. The molecule has 0 nitrogen and oxygen atoms in total. The molecule has 0 saturated carbocycles. The van der Waals surface area contributed by atoms with Crippen LogP contribution in [0.25, 0.3) is 0 Å². The molecule has 0 unspecified atom stereocenters. The van der Waals surface area contributed by atoms with E-state index >= 15 is 0 Å². The van der Waals surface area contributed by atoms with Crippen LogP contribution in [0.3, 0.4) is 0 Å². The minimum Gasteiger partial charge on any atom is -0.0848 e. The van der Waals surface area contributed by atoms with E-state index in [4.69, 9.17) is 0 Å². The summed E-state index contributed by atoms with van der Waals surface area (Å²) in [6, 6.07) is 41.0. The summed E-state index contributed by atoms with van der Waals surface area (Å²) >= 11 is -9.41. The van der Waals surface area contributed by atoms with E-state index in [0.717, 1.165) is 0 Å². The van der Waals surface area contributed by atoms with E-state index < -0.39 is 19.5 Å². The van der Waals surface area contributed by atoms with Gasteiger partial charge in [0.05, 0.1) is 4.90 Å². The van der Waals surface area contributed by atoms with E-state index in [0.29, 0.717) is 0 Å². The molecule has 0 amide bonds. The summed E-state index contributed by atoms with van der Waals surface area (Å²) in [7, 11) is -0.121. The summed E-state index contributed by atoms with van der Waals surface area (Å²) in [5.74, 6) is 0. The smallest absolute Gasteiger partial charge is 0.0848 e. The molecule has 33 heavy (non-hydrogen) atoms. The van der Waals surface area contributed by atoms with Crippen LogP contribution in [0.1, 0.15) is 0 Å². The Bertz CT molecular complexity index is 1120. The van der Waals surface area contributed by atoms with Crippen molar-refractivity contribution in [2.75, 3.05) is 0 Å². The van der Waals surface area contributed by atoms with Crippen LogP contribution >= 0.6 is 11.8 Å². The summed E-state index contributed by atoms with van der Waals surface area (Å²) in [4.78, 5) is 6.65. The summed E-state index contributed by atoms with van der Waals surface area (Å²) in [6.07, 6.45) is 0. The third-order valence-electron chi connectivity index (χ3n) is 4.00. The van der Waals surface area contributed by atoms with E-state index in [-0.39, 0.29) is 10.9 Å². The van der Waals surface area contributed by atoms with Crippen LogP contribution in [0.5, 0.6) is 0 Å². The molecule has 0 bridgehead atoms. The fourth-order valence-electron chi connectivity index (χ4n) is 2.82. The molecule has 0 aliphatic rings. The van der Waals surface area contributed by atoms with Crippen LogP contribution < -0.4 is 0 Å². The number of benzene rings is 4. The first-order valence-electron chi connectivity index (χ1n) is 9.59. The molecule has 0 atom stereocenters. The average Bonchev–Trinajstić information content (AvgIpc) is 2.75. The first-order valence-corrected chi connectivity index (χ1v) is 17.4. The molecular weight excluding hydrogens is 588 g/mol. The topological polar surface area (TPSA) is 0 Å². The normalized spacial score (nSPS) is 13.4. The second-order valence-electron chi connectivity index (χ2n) is 6.75. The van der Waals surface area contributed by atoms with Crippen molar-refractivity contribution in [3.8, 4) is 0 Å². The van der Waals surface area contributed by atoms with Crippen LogP contribution in [-0.4, -0.2) is 19.5 Å². The first kappa shape index (κ1) is 25.6. The summed E-state index contributed by atoms with van der Waals surface area (Å²) in [5.41, 5.74) is 0. The van der Waals surface area contributed by atoms with Crippen LogP contribution in [-0.2, 0) is 10.9 Å². The van der Waals surface area contributed by atoms with E-state index in [1.807, 2.05) is 11.8 Å². The summed E-state index contributed by atoms with van der Waals surface area (Å²) in [5, 5.41) is 0. The molecule has 4 aromatic carbocycles. The maximum absolute atomic E-state index is 11.2. The SMILES string of the molecule is [F][Sb-]([F])([F])([F])([F])[F].c1ccc(Sc2ccccc2[S+](c2ccccc2)c2ccccc2)cc1. The predicted octanol–water partition coefficient (Wildman–Crippen LogP) is 9.07. The molecule has 0 spiro atoms. The molecule has 0 aliphatic heterocycles. The number of hydrogen-bond acceptors (Lipinski definition) is 1. The third kappa shape index (κ3) is 9.78. The van der Waals surface area contributed by atoms with Gasteiger partial charge in [-0.05, 0) is 48.5 Å². The van der Waals surface area contributed by atoms with Gasteiger partial charge in [0.1, 0.15) is 10.9 Å². The molecule has 0 fully saturated rings. The van der Waals surface area contributed by atoms with Gasteiger partial charge in [0.2, 0.25) is 0 Å². The Morgan fingerprint density at radius 1 is 0.485 bits per heavy atom. The Kier molecular flexibility index (Phi) is 7.51. The van der Waals surface area contributed by atoms with Gasteiger partial charge in [-0.15, -0.1) is 0 Å². The molecule has 174 valence electrons. The van der Waals surface area contributed by atoms with Gasteiger partial charge in [0.15, 0.2) is 14.7 Å². The molecule has 0 N–H and O–H groups in total. The maximum Gasteiger partial charge on any atom is 0.180 e. The molecule has 9 heteroatoms. The average molecular weight is 607 g/mol. The van der Waals surface area contributed by atoms with Gasteiger partial charge in [-0.25, -0.2) is 0 Å². The monoisotopic (exact) mass is 606 g/mol. The van der Waals surface area contributed by atoms with Crippen molar-refractivity contribution in [2.45, 2.75) is 24.5 Å². The van der Waals surface area contributed by atoms with E-state index in [9.17, 15) is 16.9 Å². The summed E-state index contributed by atoms with van der Waals surface area (Å²) < 4.78 is 59.6. The molecule has 0 radical (unpaired) electrons. The fourth-order valence-corrected chi connectivity index (χ4v) is 6.18. The molecule has 0 aromatic heterocycles. The van der Waals surface area contributed by atoms with Crippen LogP contribution in [0.2, 0.25) is 0 Å². The Balaban J connectivity index is 0.000000383. The quantitative estimate of drug-likeness (QED) is 0.124. The fraction of sp³-hybridized carbons (Fsp3) is 0. The molecular formula is C24H19F6S2Sb. The third-order valence-corrected chi connectivity index (χ3v) is 7.49. The van der Waals surface area contributed by atoms with Crippen LogP contribution in [0.15, 0.2) is 140 Å². The standard InChI is InChI=1S/C24H19S2.6FH.Sb/c1-4-12-20(13-5-1)25-23-18-10-11-19-24(23)26(21-14-6-2-7-15-21)22-16-8-3-9-17-22;;;;;;;/h1-19H;6*1H;/q+1;;;;;;;+5/p-6. The van der Waals surface area contributed by atoms with Crippen LogP contribution in [0, 0.1) is 0 Å². The molecule has 4 rings (SSSR count). The first-order chi connectivity index (χ1) is 15.4. The Hall–Kier alpha value is -2.02. The Morgan fingerprint density at radius 2 is 0.848 bits per heavy atom. The van der Waals surface area contributed by atoms with Gasteiger partial charge < -0.3 is 0 Å². The zero-order valence-corrected chi connectivity index (χ0v) is 21.2. The van der Waals surface area contributed by atoms with Gasteiger partial charge in [0.25, 0.3) is 0 Å². The predicted molar refractivity (Wildman–Crippen MR) is 124 cm³/mol. The zero-order chi connectivity index (χ0) is 24.0. The molecule has 0 aliphatic carbocycles. The second kappa shape index (κ2) is 9.69. The van der Waals surface area contributed by atoms with E-state index in [1.165, 1.54) is 24.5 Å². The van der Waals surface area contributed by atoms with Crippen molar-refractivity contribution in [3.05, 3.63) is 115 Å². The largest absolute Gasteiger partial charge is 0.180 e. The van der Waals surface area contributed by atoms with Crippen molar-refractivity contribution in [2.24, 2.45) is 0 Å². The van der Waals surface area contributed by atoms with Crippen molar-refractivity contribution in [1.82, 2.24) is 0 Å². The van der Waals surface area contributed by atoms with Gasteiger partial charge in [-0.1, -0.05) is 78.5 Å². The number of halogens is 6. The van der Waals surface area contributed by atoms with Crippen molar-refractivity contribution >= 4 is 42.1 Å². The van der Waals surface area contributed by atoms with Crippen molar-refractivity contribution in [1.29, 1.82) is 0 Å². The van der Waals surface area contributed by atoms with Crippen molar-refractivity contribution < 1.29 is 16.9 Å². The van der Waals surface area contributed by atoms with E-state index in [1.54, 1.807) is 0 Å². The number of rotatable bonds is 5. The summed E-state index contributed by atoms with van der Waals surface area (Å²) in [6.45, 7) is 0. The van der Waals surface area contributed by atoms with Crippen molar-refractivity contribution in [3.63, 3.8) is 0 Å². The minimum absolute atomic E-state index is 0.121. The molecule has 0 saturated heterocycles. The van der Waals surface area contributed by atoms with Gasteiger partial charge >= 0.3 is 36.4 Å². The Labute approximate surface area is 197 Å². The van der Waals surface area contributed by atoms with Crippen LogP contribution in [0.4, 0.5) is 16.9 Å². The zero-order valence-electron chi connectivity index (χ0n) is 17.0. The van der Waals surface area contributed by atoms with Gasteiger partial charge in [-0.2, -0.15) is 0 Å².